The number of hydrogen-bond acceptors (Lipinski definition) is 19. The molecule has 7 heterocycles. The second-order valence-corrected chi connectivity index (χ2v) is 40.2. The summed E-state index contributed by atoms with van der Waals surface area (Å²) in [7, 11) is -0.748. The molecule has 7 aliphatic rings. The number of nitrogen functional groups attached to an aromatic ring is 1. The van der Waals surface area contributed by atoms with Crippen molar-refractivity contribution in [2.45, 2.75) is 118 Å². The summed E-state index contributed by atoms with van der Waals surface area (Å²) in [6.07, 6.45) is 7.11. The number of halogens is 13. The van der Waals surface area contributed by atoms with Crippen molar-refractivity contribution in [2.24, 2.45) is 0 Å². The van der Waals surface area contributed by atoms with Crippen LogP contribution in [0.2, 0.25) is 0 Å². The first-order valence-electron chi connectivity index (χ1n) is 40.4. The van der Waals surface area contributed by atoms with Gasteiger partial charge in [0.05, 0.1) is 33.4 Å². The smallest absolute Gasteiger partial charge is 0.410 e. The predicted molar refractivity (Wildman–Crippen MR) is 509 cm³/mol. The number of ether oxygens (including phenoxy) is 3. The zero-order chi connectivity index (χ0) is 89.0. The SMILES string of the molecule is C1CCSCC1.CC(C)(C)OC(=O)N1CCN(c2ccc(Br)cc2F)CC1.CC(C)(C)OC(=O)N1CCN(c2ccc(N3CCS(=O)CC3)cc2F)CC1.CC(C)(C)OC(=O)N1CCN(c2ccc(N3CCSCC3)cc2F)CC1.Cl.ClCCNCCCl.Fc1cc(Br)ccc1N1CCCCC1.Nc1ccc(Br)cc1F.O=[N+]([O-])c1ccc(Br)cc1F. The highest BCUT2D eigenvalue weighted by molar-refractivity contribution is 9.11. The molecular formula is C85H117Br4Cl3F6N12O9S3. The lowest BCUT2D eigenvalue weighted by Gasteiger charge is -2.37. The molecule has 13 rings (SSSR count). The number of rotatable bonds is 11. The molecule has 7 fully saturated rings. The van der Waals surface area contributed by atoms with Gasteiger partial charge in [-0.05, 0) is 209 Å². The molecule has 0 aliphatic carbocycles. The third kappa shape index (κ3) is 39.3. The van der Waals surface area contributed by atoms with Crippen molar-refractivity contribution in [1.29, 1.82) is 0 Å². The van der Waals surface area contributed by atoms with Crippen LogP contribution in [0.5, 0.6) is 0 Å². The number of alkyl halides is 2. The van der Waals surface area contributed by atoms with Gasteiger partial charge in [-0.15, -0.1) is 35.6 Å². The monoisotopic (exact) mass is 2080 g/mol. The summed E-state index contributed by atoms with van der Waals surface area (Å²) in [6, 6.07) is 29.2. The lowest BCUT2D eigenvalue weighted by atomic mass is 10.1. The number of nitro groups is 1. The van der Waals surface area contributed by atoms with Crippen LogP contribution in [0, 0.1) is 45.0 Å². The number of nitrogens with two attached hydrogens (primary N) is 1. The lowest BCUT2D eigenvalue weighted by Crippen LogP contribution is -2.50. The molecule has 37 heteroatoms. The van der Waals surface area contributed by atoms with E-state index >= 15 is 0 Å². The minimum absolute atomic E-state index is 0. The van der Waals surface area contributed by atoms with Gasteiger partial charge in [-0.25, -0.2) is 36.3 Å². The lowest BCUT2D eigenvalue weighted by molar-refractivity contribution is -0.387. The van der Waals surface area contributed by atoms with Crippen LogP contribution in [0.1, 0.15) is 101 Å². The summed E-state index contributed by atoms with van der Waals surface area (Å²) in [4.78, 5) is 63.0. The van der Waals surface area contributed by atoms with E-state index in [1.165, 1.54) is 80.4 Å². The van der Waals surface area contributed by atoms with Gasteiger partial charge in [-0.3, -0.25) is 14.3 Å². The number of piperazine rings is 3. The Kier molecular flexibility index (Phi) is 47.7. The number of carbonyl (C=O) groups is 3. The average Bonchev–Trinajstić information content (AvgIpc) is 0.827. The van der Waals surface area contributed by atoms with Crippen LogP contribution in [0.25, 0.3) is 0 Å². The van der Waals surface area contributed by atoms with Crippen LogP contribution in [-0.2, 0) is 25.0 Å². The fraction of sp³-hybridized carbons (Fsp3) is 0.541. The molecule has 0 unspecified atom stereocenters. The third-order valence-corrected chi connectivity index (χ3v) is 24.5. The van der Waals surface area contributed by atoms with E-state index in [1.54, 1.807) is 45.0 Å². The number of thioether (sulfide) groups is 2. The predicted octanol–water partition coefficient (Wildman–Crippen LogP) is 21.2. The Balaban J connectivity index is 0.000000260. The molecule has 3 amide bonds. The van der Waals surface area contributed by atoms with Crippen molar-refractivity contribution in [1.82, 2.24) is 20.0 Å². The molecule has 0 saturated carbocycles. The van der Waals surface area contributed by atoms with E-state index in [0.717, 1.165) is 88.9 Å². The topological polar surface area (TPSA) is 206 Å². The molecule has 3 N–H and O–H groups in total. The van der Waals surface area contributed by atoms with Gasteiger partial charge in [0.15, 0.2) is 0 Å². The maximum absolute atomic E-state index is 14.7. The highest BCUT2D eigenvalue weighted by atomic mass is 79.9. The van der Waals surface area contributed by atoms with Crippen molar-refractivity contribution in [3.05, 3.63) is 172 Å². The van der Waals surface area contributed by atoms with E-state index in [9.17, 15) is 55.0 Å². The Morgan fingerprint density at radius 1 is 0.426 bits per heavy atom. The van der Waals surface area contributed by atoms with Gasteiger partial charge in [0, 0.05) is 212 Å². The molecule has 0 radical (unpaired) electrons. The summed E-state index contributed by atoms with van der Waals surface area (Å²) < 4.78 is 112. The molecular weight excluding hydrogens is 1970 g/mol. The van der Waals surface area contributed by atoms with Crippen molar-refractivity contribution in [2.75, 3.05) is 212 Å². The Bertz CT molecular complexity index is 4210. The molecule has 7 saturated heterocycles. The molecule has 6 aromatic rings. The van der Waals surface area contributed by atoms with E-state index < -0.39 is 44.0 Å². The summed E-state index contributed by atoms with van der Waals surface area (Å²) in [6.45, 7) is 30.4. The number of carbonyl (C=O) groups excluding carboxylic acids is 3. The van der Waals surface area contributed by atoms with Crippen LogP contribution in [-0.4, -0.2) is 236 Å². The molecule has 6 aromatic carbocycles. The molecule has 0 spiro atoms. The Hall–Kier alpha value is -5.69. The number of anilines is 7. The molecule has 0 bridgehead atoms. The van der Waals surface area contributed by atoms with E-state index in [1.807, 2.05) is 125 Å². The van der Waals surface area contributed by atoms with Gasteiger partial charge >= 0.3 is 24.0 Å². The molecule has 680 valence electrons. The summed E-state index contributed by atoms with van der Waals surface area (Å²) in [5, 5.41) is 13.1. The van der Waals surface area contributed by atoms with Crippen LogP contribution < -0.4 is 40.4 Å². The summed E-state index contributed by atoms with van der Waals surface area (Å²) >= 11 is 27.3. The number of amides is 3. The number of hydrogen-bond donors (Lipinski definition) is 2. The first-order chi connectivity index (χ1) is 57.3. The van der Waals surface area contributed by atoms with Crippen LogP contribution >= 0.6 is 123 Å². The second-order valence-electron chi connectivity index (χ2n) is 31.6. The summed E-state index contributed by atoms with van der Waals surface area (Å²) in [5.74, 6) is 5.58. The second kappa shape index (κ2) is 54.5. The number of nitrogens with one attached hydrogen (secondary N) is 1. The van der Waals surface area contributed by atoms with E-state index in [2.05, 4.69) is 95.5 Å². The van der Waals surface area contributed by atoms with Crippen molar-refractivity contribution < 1.29 is 64.1 Å². The quantitative estimate of drug-likeness (QED) is 0.0235. The van der Waals surface area contributed by atoms with E-state index in [4.69, 9.17) is 43.1 Å². The fourth-order valence-electron chi connectivity index (χ4n) is 12.7. The van der Waals surface area contributed by atoms with Crippen molar-refractivity contribution >= 4 is 197 Å². The van der Waals surface area contributed by atoms with E-state index in [0.29, 0.717) is 141 Å². The van der Waals surface area contributed by atoms with Crippen LogP contribution in [0.3, 0.4) is 0 Å². The molecule has 122 heavy (non-hydrogen) atoms. The molecule has 0 aromatic heterocycles. The summed E-state index contributed by atoms with van der Waals surface area (Å²) in [5.41, 5.74) is 7.64. The Morgan fingerprint density at radius 3 is 1.04 bits per heavy atom. The first-order valence-corrected chi connectivity index (χ1v) is 48.4. The largest absolute Gasteiger partial charge is 0.444 e. The minimum atomic E-state index is -0.829. The van der Waals surface area contributed by atoms with Gasteiger partial charge in [-0.1, -0.05) is 70.1 Å². The van der Waals surface area contributed by atoms with Crippen molar-refractivity contribution in [3.8, 4) is 0 Å². The zero-order valence-corrected chi connectivity index (χ0v) is 81.9. The fourth-order valence-corrected chi connectivity index (χ4v) is 17.2. The first kappa shape index (κ1) is 107. The van der Waals surface area contributed by atoms with Gasteiger partial charge in [0.1, 0.15) is 45.9 Å². The number of nitro benzene ring substituents is 1. The number of piperidine rings is 1. The van der Waals surface area contributed by atoms with Gasteiger partial charge in [0.2, 0.25) is 5.82 Å². The Morgan fingerprint density at radius 2 is 0.738 bits per heavy atom. The Labute approximate surface area is 777 Å². The highest BCUT2D eigenvalue weighted by Crippen LogP contribution is 2.33. The highest BCUT2D eigenvalue weighted by Gasteiger charge is 2.32. The average molecular weight is 2090 g/mol. The van der Waals surface area contributed by atoms with Gasteiger partial charge in [-0.2, -0.15) is 27.9 Å². The maximum atomic E-state index is 14.7. The molecule has 21 nitrogen and oxygen atoms in total. The molecule has 7 aliphatic heterocycles. The number of nitrogens with zero attached hydrogens (tertiary/aromatic N) is 10. The normalized spacial score (nSPS) is 16.3. The van der Waals surface area contributed by atoms with Crippen LogP contribution in [0.15, 0.2) is 127 Å². The number of benzene rings is 6. The maximum Gasteiger partial charge on any atom is 0.410 e. The molecule has 0 atom stereocenters. The van der Waals surface area contributed by atoms with Crippen LogP contribution in [0.4, 0.5) is 86.2 Å². The van der Waals surface area contributed by atoms with Gasteiger partial charge < -0.3 is 69.4 Å². The zero-order valence-electron chi connectivity index (χ0n) is 70.8. The van der Waals surface area contributed by atoms with Gasteiger partial charge in [0.25, 0.3) is 0 Å². The standard InChI is InChI=1S/C19H28FN3O3S.C19H28FN3O2S.C15H20BrFN2O2.C11H13BrFN.C6H3BrFNO2.C6H5BrFN.C5H10S.C4H9Cl2N.ClH/c1-19(2,3)26-18(24)23-8-6-22(7-9-23)17-5-4-15(14-16(17)20)21-10-12-27(25)13-11-21;1-19(2,3)25-18(24)23-8-6-22(7-9-23)17-5-4-15(14-16(17)20)21-10-12-26-13-11-21;1-15(2,3)21-14(20)19-8-6-18(7-9-19)13-5-4-11(16)10-12(13)17;12-9-4-5-11(10(13)8-9)14-6-2-1-3-7-14;7-4-1-2-6(9(10)11)5(8)3-4;7-4-1-2-6(9)5(8)3-4;1-2-4-6-5-3-1;5-1-3-7-4-2-6;/h4-5,14H,6-13H2,1-3H3;4-5,14H,6-13H2,1-3H3;4-5,10H,6-9H2,1-3H3;4-5,8H,1-3,6-7H2;1-3H;1-3H,9H2;1-5H2;7H,1-4H2;1H. The van der Waals surface area contributed by atoms with Crippen molar-refractivity contribution in [3.63, 3.8) is 0 Å². The minimum Gasteiger partial charge on any atom is -0.444 e. The van der Waals surface area contributed by atoms with E-state index in [-0.39, 0.29) is 65.5 Å². The third-order valence-electron chi connectivity index (χ3n) is 18.8.